The lowest BCUT2D eigenvalue weighted by Crippen LogP contribution is -2.28. The van der Waals surface area contributed by atoms with Crippen LogP contribution in [0.5, 0.6) is 11.5 Å². The number of hydroxylamine groups is 2. The summed E-state index contributed by atoms with van der Waals surface area (Å²) in [6.07, 6.45) is 0. The third-order valence-electron chi connectivity index (χ3n) is 3.87. The minimum absolute atomic E-state index is 0.113. The largest absolute Gasteiger partial charge is 0.497 e. The number of ether oxygens (including phenoxy) is 2. The number of nitrogens with zero attached hydrogens (tertiary/aromatic N) is 4. The molecule has 2 rings (SSSR count). The molecule has 2 aromatic carbocycles. The fraction of sp³-hybridized carbons (Fsp3) is 0.200. The molecule has 0 spiro atoms. The summed E-state index contributed by atoms with van der Waals surface area (Å²) in [6.45, 7) is 3.24. The number of rotatable bonds is 7. The van der Waals surface area contributed by atoms with Crippen molar-refractivity contribution in [3.8, 4) is 11.5 Å². The van der Waals surface area contributed by atoms with Gasteiger partial charge in [0.15, 0.2) is 11.7 Å². The standard InChI is InChI=1S/C20H24N6O4/c1-13(19(25-27)21-15-5-9-17(29-3)10-6-15)23-24-14(2)20(26-28)22-16-7-11-18(30-4)12-8-16/h5-12,27-28H,1-4H3,(H,21,25)(H,22,26)/b23-13-,24-14-. The zero-order valence-corrected chi connectivity index (χ0v) is 17.1. The topological polar surface area (TPSA) is 132 Å². The van der Waals surface area contributed by atoms with E-state index >= 15 is 0 Å². The second-order valence-electron chi connectivity index (χ2n) is 5.91. The number of hydrogen-bond acceptors (Lipinski definition) is 8. The molecule has 0 bridgehead atoms. The average Bonchev–Trinajstić information content (AvgIpc) is 2.79. The summed E-state index contributed by atoms with van der Waals surface area (Å²) < 4.78 is 10.2. The monoisotopic (exact) mass is 412 g/mol. The van der Waals surface area contributed by atoms with Gasteiger partial charge in [-0.15, -0.1) is 0 Å². The molecule has 4 N–H and O–H groups in total. The lowest BCUT2D eigenvalue weighted by Gasteiger charge is -2.06. The molecule has 0 fully saturated rings. The number of aliphatic imine (C=N–C) groups is 2. The van der Waals surface area contributed by atoms with Crippen LogP contribution >= 0.6 is 0 Å². The molecule has 0 amide bonds. The van der Waals surface area contributed by atoms with Crippen molar-refractivity contribution in [3.05, 3.63) is 48.5 Å². The molecule has 0 aromatic heterocycles. The average molecular weight is 412 g/mol. The number of hydrogen-bond donors (Lipinski definition) is 4. The van der Waals surface area contributed by atoms with Crippen LogP contribution < -0.4 is 20.4 Å². The summed E-state index contributed by atoms with van der Waals surface area (Å²) in [5.41, 5.74) is 5.81. The quantitative estimate of drug-likeness (QED) is 0.313. The SMILES string of the molecule is COc1ccc(N=C(NO)/C(C)=N\N=C(\C)C(=Nc2ccc(OC)cc2)NO)cc1. The van der Waals surface area contributed by atoms with Gasteiger partial charge in [-0.3, -0.25) is 21.4 Å². The van der Waals surface area contributed by atoms with Gasteiger partial charge < -0.3 is 9.47 Å². The number of benzene rings is 2. The molecule has 30 heavy (non-hydrogen) atoms. The Bertz CT molecular complexity index is 871. The second-order valence-corrected chi connectivity index (χ2v) is 5.91. The van der Waals surface area contributed by atoms with Crippen LogP contribution in [0.1, 0.15) is 13.8 Å². The maximum Gasteiger partial charge on any atom is 0.173 e. The zero-order chi connectivity index (χ0) is 21.9. The van der Waals surface area contributed by atoms with E-state index in [1.54, 1.807) is 76.6 Å². The molecule has 0 aliphatic heterocycles. The van der Waals surface area contributed by atoms with Crippen molar-refractivity contribution in [2.24, 2.45) is 20.2 Å². The summed E-state index contributed by atoms with van der Waals surface area (Å²) in [7, 11) is 3.15. The Kier molecular flexibility index (Phi) is 8.48. The molecular weight excluding hydrogens is 388 g/mol. The van der Waals surface area contributed by atoms with Gasteiger partial charge in [0.05, 0.1) is 25.6 Å². The van der Waals surface area contributed by atoms with Gasteiger partial charge in [0, 0.05) is 0 Å². The normalized spacial score (nSPS) is 13.1. The molecule has 0 radical (unpaired) electrons. The van der Waals surface area contributed by atoms with Crippen LogP contribution in [0.2, 0.25) is 0 Å². The highest BCUT2D eigenvalue weighted by atomic mass is 16.5. The van der Waals surface area contributed by atoms with Crippen LogP contribution in [-0.4, -0.2) is 47.7 Å². The Labute approximate surface area is 174 Å². The molecule has 0 saturated carbocycles. The lowest BCUT2D eigenvalue weighted by atomic mass is 10.3. The van der Waals surface area contributed by atoms with E-state index in [9.17, 15) is 10.4 Å². The maximum absolute atomic E-state index is 9.40. The van der Waals surface area contributed by atoms with Gasteiger partial charge in [-0.25, -0.2) is 9.98 Å². The van der Waals surface area contributed by atoms with Crippen LogP contribution in [0.4, 0.5) is 11.4 Å². The van der Waals surface area contributed by atoms with E-state index in [1.807, 2.05) is 11.0 Å². The predicted molar refractivity (Wildman–Crippen MR) is 116 cm³/mol. The van der Waals surface area contributed by atoms with Crippen molar-refractivity contribution in [2.75, 3.05) is 14.2 Å². The Balaban J connectivity index is 2.22. The first-order valence-corrected chi connectivity index (χ1v) is 8.86. The Morgan fingerprint density at radius 3 is 1.27 bits per heavy atom. The molecule has 2 aromatic rings. The maximum atomic E-state index is 9.40. The first kappa shape index (κ1) is 22.5. The smallest absolute Gasteiger partial charge is 0.173 e. The van der Waals surface area contributed by atoms with Crippen LogP contribution in [0.25, 0.3) is 0 Å². The van der Waals surface area contributed by atoms with E-state index in [0.717, 1.165) is 0 Å². The van der Waals surface area contributed by atoms with E-state index in [1.165, 1.54) is 0 Å². The molecule has 0 heterocycles. The molecule has 0 atom stereocenters. The molecule has 0 aliphatic rings. The Hall–Kier alpha value is -3.76. The fourth-order valence-corrected chi connectivity index (χ4v) is 2.19. The molecule has 158 valence electrons. The fourth-order valence-electron chi connectivity index (χ4n) is 2.19. The van der Waals surface area contributed by atoms with E-state index in [0.29, 0.717) is 34.3 Å². The van der Waals surface area contributed by atoms with Crippen LogP contribution in [0.15, 0.2) is 68.7 Å². The van der Waals surface area contributed by atoms with Crippen LogP contribution in [-0.2, 0) is 0 Å². The number of nitrogens with one attached hydrogen (secondary N) is 2. The van der Waals surface area contributed by atoms with Crippen molar-refractivity contribution in [3.63, 3.8) is 0 Å². The second kappa shape index (κ2) is 11.3. The minimum atomic E-state index is 0.113. The van der Waals surface area contributed by atoms with E-state index < -0.39 is 0 Å². The highest BCUT2D eigenvalue weighted by Crippen LogP contribution is 2.18. The third-order valence-corrected chi connectivity index (χ3v) is 3.87. The molecule has 0 unspecified atom stereocenters. The summed E-state index contributed by atoms with van der Waals surface area (Å²) in [6, 6.07) is 13.9. The summed E-state index contributed by atoms with van der Waals surface area (Å²) in [5.74, 6) is 1.61. The van der Waals surface area contributed by atoms with Gasteiger partial charge in [0.1, 0.15) is 22.9 Å². The molecule has 10 heteroatoms. The first-order chi connectivity index (χ1) is 14.5. The van der Waals surface area contributed by atoms with Gasteiger partial charge >= 0.3 is 0 Å². The number of methoxy groups -OCH3 is 2. The van der Waals surface area contributed by atoms with Gasteiger partial charge in [0.2, 0.25) is 0 Å². The van der Waals surface area contributed by atoms with Crippen molar-refractivity contribution < 1.29 is 19.9 Å². The van der Waals surface area contributed by atoms with Crippen LogP contribution in [0, 0.1) is 0 Å². The van der Waals surface area contributed by atoms with Crippen molar-refractivity contribution in [1.82, 2.24) is 11.0 Å². The van der Waals surface area contributed by atoms with Gasteiger partial charge in [-0.05, 0) is 62.4 Å². The highest BCUT2D eigenvalue weighted by Gasteiger charge is 2.06. The van der Waals surface area contributed by atoms with Gasteiger partial charge in [0.25, 0.3) is 0 Å². The third kappa shape index (κ3) is 6.40. The van der Waals surface area contributed by atoms with Crippen LogP contribution in [0.3, 0.4) is 0 Å². The van der Waals surface area contributed by atoms with E-state index in [4.69, 9.17) is 9.47 Å². The lowest BCUT2D eigenvalue weighted by molar-refractivity contribution is 0.236. The zero-order valence-electron chi connectivity index (χ0n) is 17.1. The van der Waals surface area contributed by atoms with E-state index in [2.05, 4.69) is 20.2 Å². The summed E-state index contributed by atoms with van der Waals surface area (Å²) >= 11 is 0. The van der Waals surface area contributed by atoms with Crippen molar-refractivity contribution >= 4 is 34.5 Å². The van der Waals surface area contributed by atoms with Crippen molar-refractivity contribution in [1.29, 1.82) is 0 Å². The Morgan fingerprint density at radius 2 is 1.00 bits per heavy atom. The van der Waals surface area contributed by atoms with E-state index in [-0.39, 0.29) is 11.7 Å². The Morgan fingerprint density at radius 1 is 0.667 bits per heavy atom. The first-order valence-electron chi connectivity index (χ1n) is 8.86. The van der Waals surface area contributed by atoms with Gasteiger partial charge in [-0.1, -0.05) is 0 Å². The number of amidine groups is 2. The summed E-state index contributed by atoms with van der Waals surface area (Å²) in [4.78, 5) is 8.54. The molecule has 10 nitrogen and oxygen atoms in total. The minimum Gasteiger partial charge on any atom is -0.497 e. The predicted octanol–water partition coefficient (Wildman–Crippen LogP) is 3.26. The van der Waals surface area contributed by atoms with Crippen molar-refractivity contribution in [2.45, 2.75) is 13.8 Å². The molecule has 0 saturated heterocycles. The van der Waals surface area contributed by atoms with Gasteiger partial charge in [-0.2, -0.15) is 10.2 Å². The highest BCUT2D eigenvalue weighted by molar-refractivity contribution is 6.42. The molecule has 0 aliphatic carbocycles. The molecular formula is C20H24N6O4. The summed E-state index contributed by atoms with van der Waals surface area (Å²) in [5, 5.41) is 26.9.